The summed E-state index contributed by atoms with van der Waals surface area (Å²) in [5.74, 6) is 0.685. The molecule has 1 aromatic rings. The maximum Gasteiger partial charge on any atom is 0.415 e. The van der Waals surface area contributed by atoms with Gasteiger partial charge in [0.15, 0.2) is 0 Å². The van der Waals surface area contributed by atoms with Gasteiger partial charge in [0.1, 0.15) is 17.9 Å². The molecule has 0 heterocycles. The number of benzene rings is 1. The van der Waals surface area contributed by atoms with Crippen molar-refractivity contribution in [3.63, 3.8) is 0 Å². The Morgan fingerprint density at radius 2 is 1.89 bits per heavy atom. The third-order valence-corrected chi connectivity index (χ3v) is 2.23. The second kappa shape index (κ2) is 6.10. The van der Waals surface area contributed by atoms with Crippen molar-refractivity contribution in [2.75, 3.05) is 18.6 Å². The minimum atomic E-state index is -0.600. The molecule has 0 fully saturated rings. The Kier molecular flexibility index (Phi) is 4.76. The summed E-state index contributed by atoms with van der Waals surface area (Å²) < 4.78 is 10.3. The zero-order chi connectivity index (χ0) is 14.5. The second-order valence-corrected chi connectivity index (χ2v) is 4.92. The van der Waals surface area contributed by atoms with Crippen molar-refractivity contribution < 1.29 is 14.3 Å². The van der Waals surface area contributed by atoms with E-state index in [0.717, 1.165) is 0 Å². The first kappa shape index (κ1) is 14.8. The first-order chi connectivity index (χ1) is 8.87. The van der Waals surface area contributed by atoms with Crippen molar-refractivity contribution in [2.24, 2.45) is 0 Å². The van der Waals surface area contributed by atoms with Gasteiger partial charge in [0.05, 0.1) is 13.2 Å². The Balaban J connectivity index is 2.93. The molecule has 0 aliphatic rings. The van der Waals surface area contributed by atoms with Crippen LogP contribution in [0, 0.1) is 11.3 Å². The summed E-state index contributed by atoms with van der Waals surface area (Å²) in [4.78, 5) is 13.3. The summed E-state index contributed by atoms with van der Waals surface area (Å²) in [5.41, 5.74) is -0.00587. The predicted octanol–water partition coefficient (Wildman–Crippen LogP) is 2.96. The molecule has 0 saturated heterocycles. The van der Waals surface area contributed by atoms with Crippen LogP contribution in [0.1, 0.15) is 20.8 Å². The first-order valence-corrected chi connectivity index (χ1v) is 5.89. The summed E-state index contributed by atoms with van der Waals surface area (Å²) in [6, 6.07) is 8.82. The smallest absolute Gasteiger partial charge is 0.415 e. The molecule has 5 heteroatoms. The summed E-state index contributed by atoms with van der Waals surface area (Å²) in [5, 5.41) is 8.82. The molecule has 0 aliphatic carbocycles. The molecule has 0 unspecified atom stereocenters. The van der Waals surface area contributed by atoms with Gasteiger partial charge in [-0.25, -0.2) is 4.79 Å². The van der Waals surface area contributed by atoms with E-state index in [0.29, 0.717) is 11.4 Å². The van der Waals surface area contributed by atoms with Crippen molar-refractivity contribution in [3.8, 4) is 11.8 Å². The van der Waals surface area contributed by atoms with Crippen molar-refractivity contribution in [1.82, 2.24) is 0 Å². The number of carbonyl (C=O) groups is 1. The highest BCUT2D eigenvalue weighted by Gasteiger charge is 2.23. The number of amides is 1. The Bertz CT molecular complexity index is 469. The summed E-state index contributed by atoms with van der Waals surface area (Å²) >= 11 is 0. The van der Waals surface area contributed by atoms with Gasteiger partial charge in [-0.2, -0.15) is 5.26 Å². The van der Waals surface area contributed by atoms with Crippen LogP contribution in [-0.2, 0) is 4.74 Å². The van der Waals surface area contributed by atoms with Gasteiger partial charge < -0.3 is 9.47 Å². The van der Waals surface area contributed by atoms with Crippen LogP contribution in [0.2, 0.25) is 0 Å². The summed E-state index contributed by atoms with van der Waals surface area (Å²) in [6.07, 6.45) is -0.542. The maximum absolute atomic E-state index is 12.0. The van der Waals surface area contributed by atoms with E-state index in [1.54, 1.807) is 52.1 Å². The second-order valence-electron chi connectivity index (χ2n) is 4.92. The van der Waals surface area contributed by atoms with Gasteiger partial charge in [-0.15, -0.1) is 0 Å². The minimum Gasteiger partial charge on any atom is -0.497 e. The molecule has 0 saturated carbocycles. The molecular weight excluding hydrogens is 244 g/mol. The van der Waals surface area contributed by atoms with Crippen LogP contribution >= 0.6 is 0 Å². The quantitative estimate of drug-likeness (QED) is 0.786. The normalized spacial score (nSPS) is 10.5. The summed E-state index contributed by atoms with van der Waals surface area (Å²) in [7, 11) is 1.57. The topological polar surface area (TPSA) is 62.6 Å². The molecule has 1 aromatic carbocycles. The van der Waals surface area contributed by atoms with Crippen LogP contribution in [0.5, 0.6) is 5.75 Å². The van der Waals surface area contributed by atoms with Crippen LogP contribution in [0.25, 0.3) is 0 Å². The number of ether oxygens (including phenoxy) is 2. The molecule has 0 aromatic heterocycles. The minimum absolute atomic E-state index is 0.0682. The van der Waals surface area contributed by atoms with Crippen molar-refractivity contribution in [3.05, 3.63) is 24.3 Å². The van der Waals surface area contributed by atoms with E-state index in [1.807, 2.05) is 6.07 Å². The number of nitriles is 1. The van der Waals surface area contributed by atoms with Crippen molar-refractivity contribution in [1.29, 1.82) is 5.26 Å². The van der Waals surface area contributed by atoms with E-state index in [2.05, 4.69) is 0 Å². The SMILES string of the molecule is COc1ccc(N(CC#N)C(=O)OC(C)(C)C)cc1. The molecule has 5 nitrogen and oxygen atoms in total. The third-order valence-electron chi connectivity index (χ3n) is 2.23. The van der Waals surface area contributed by atoms with E-state index < -0.39 is 11.7 Å². The molecule has 1 amide bonds. The summed E-state index contributed by atoms with van der Waals surface area (Å²) in [6.45, 7) is 5.28. The van der Waals surface area contributed by atoms with Crippen LogP contribution in [0.15, 0.2) is 24.3 Å². The Hall–Kier alpha value is -2.22. The van der Waals surface area contributed by atoms with Gasteiger partial charge >= 0.3 is 6.09 Å². The number of nitrogens with zero attached hydrogens (tertiary/aromatic N) is 2. The highest BCUT2D eigenvalue weighted by molar-refractivity contribution is 5.88. The number of hydrogen-bond donors (Lipinski definition) is 0. The molecule has 0 aliphatic heterocycles. The number of anilines is 1. The number of rotatable bonds is 3. The average Bonchev–Trinajstić information content (AvgIpc) is 2.34. The van der Waals surface area contributed by atoms with E-state index >= 15 is 0 Å². The van der Waals surface area contributed by atoms with E-state index in [9.17, 15) is 4.79 Å². The van der Waals surface area contributed by atoms with Crippen LogP contribution in [0.3, 0.4) is 0 Å². The molecule has 19 heavy (non-hydrogen) atoms. The van der Waals surface area contributed by atoms with Gasteiger partial charge in [0, 0.05) is 5.69 Å². The van der Waals surface area contributed by atoms with Gasteiger partial charge in [-0.05, 0) is 45.0 Å². The van der Waals surface area contributed by atoms with E-state index in [4.69, 9.17) is 14.7 Å². The average molecular weight is 262 g/mol. The van der Waals surface area contributed by atoms with Crippen LogP contribution in [-0.4, -0.2) is 25.3 Å². The first-order valence-electron chi connectivity index (χ1n) is 5.89. The molecule has 0 atom stereocenters. The van der Waals surface area contributed by atoms with Gasteiger partial charge in [-0.3, -0.25) is 4.90 Å². The van der Waals surface area contributed by atoms with Crippen molar-refractivity contribution >= 4 is 11.8 Å². The molecule has 0 radical (unpaired) electrons. The Labute approximate surface area is 113 Å². The Morgan fingerprint density at radius 3 is 2.32 bits per heavy atom. The largest absolute Gasteiger partial charge is 0.497 e. The fourth-order valence-electron chi connectivity index (χ4n) is 1.41. The lowest BCUT2D eigenvalue weighted by molar-refractivity contribution is 0.0585. The zero-order valence-electron chi connectivity index (χ0n) is 11.6. The van der Waals surface area contributed by atoms with Crippen molar-refractivity contribution in [2.45, 2.75) is 26.4 Å². The fourth-order valence-corrected chi connectivity index (χ4v) is 1.41. The number of carbonyl (C=O) groups excluding carboxylic acids is 1. The van der Waals surface area contributed by atoms with E-state index in [-0.39, 0.29) is 6.54 Å². The molecule has 0 N–H and O–H groups in total. The highest BCUT2D eigenvalue weighted by Crippen LogP contribution is 2.21. The molecule has 0 bridgehead atoms. The predicted molar refractivity (Wildman–Crippen MR) is 72.2 cm³/mol. The lowest BCUT2D eigenvalue weighted by Crippen LogP contribution is -2.37. The molecule has 1 rings (SSSR count). The molecule has 102 valence electrons. The van der Waals surface area contributed by atoms with E-state index in [1.165, 1.54) is 4.90 Å². The standard InChI is InChI=1S/C14H18N2O3/c1-14(2,3)19-13(17)16(10-9-15)11-5-7-12(18-4)8-6-11/h5-8H,10H2,1-4H3. The van der Waals surface area contributed by atoms with Crippen LogP contribution in [0.4, 0.5) is 10.5 Å². The van der Waals surface area contributed by atoms with Gasteiger partial charge in [-0.1, -0.05) is 0 Å². The molecule has 0 spiro atoms. The molecular formula is C14H18N2O3. The highest BCUT2D eigenvalue weighted by atomic mass is 16.6. The maximum atomic E-state index is 12.0. The van der Waals surface area contributed by atoms with Crippen LogP contribution < -0.4 is 9.64 Å². The lowest BCUT2D eigenvalue weighted by atomic mass is 10.2. The Morgan fingerprint density at radius 1 is 1.32 bits per heavy atom. The number of methoxy groups -OCH3 is 1. The lowest BCUT2D eigenvalue weighted by Gasteiger charge is -2.25. The zero-order valence-corrected chi connectivity index (χ0v) is 11.6. The number of hydrogen-bond acceptors (Lipinski definition) is 4. The third kappa shape index (κ3) is 4.51. The van der Waals surface area contributed by atoms with Gasteiger partial charge in [0.2, 0.25) is 0 Å². The monoisotopic (exact) mass is 262 g/mol. The fraction of sp³-hybridized carbons (Fsp3) is 0.429. The van der Waals surface area contributed by atoms with Gasteiger partial charge in [0.25, 0.3) is 0 Å².